The number of esters is 1. The molecule has 1 aliphatic rings. The zero-order valence-corrected chi connectivity index (χ0v) is 11.4. The molecule has 1 amide bonds. The zero-order valence-electron chi connectivity index (χ0n) is 11.4. The van der Waals surface area contributed by atoms with Crippen molar-refractivity contribution in [3.05, 3.63) is 30.1 Å². The highest BCUT2D eigenvalue weighted by atomic mass is 19.1. The van der Waals surface area contributed by atoms with E-state index in [4.69, 9.17) is 4.74 Å². The summed E-state index contributed by atoms with van der Waals surface area (Å²) in [6.45, 7) is 1.53. The topological polar surface area (TPSA) is 55.4 Å². The van der Waals surface area contributed by atoms with Gasteiger partial charge in [0.2, 0.25) is 0 Å². The fourth-order valence-corrected chi connectivity index (χ4v) is 2.26. The van der Waals surface area contributed by atoms with Crippen LogP contribution >= 0.6 is 0 Å². The van der Waals surface area contributed by atoms with E-state index in [0.29, 0.717) is 5.69 Å². The molecule has 0 aromatic heterocycles. The second kappa shape index (κ2) is 6.50. The molecule has 0 radical (unpaired) electrons. The molecule has 4 nitrogen and oxygen atoms in total. The molecule has 5 heteroatoms. The highest BCUT2D eigenvalue weighted by molar-refractivity contribution is 5.95. The Balaban J connectivity index is 1.85. The Morgan fingerprint density at radius 1 is 1.25 bits per heavy atom. The monoisotopic (exact) mass is 279 g/mol. The van der Waals surface area contributed by atoms with E-state index in [1.807, 2.05) is 0 Å². The van der Waals surface area contributed by atoms with Gasteiger partial charge in [0, 0.05) is 5.69 Å². The SMILES string of the molecule is C[C@H](OC(=O)C1CCCC1)C(=O)Nc1ccc(F)cc1. The predicted octanol–water partition coefficient (Wildman–Crippen LogP) is 2.89. The minimum atomic E-state index is -0.854. The van der Waals surface area contributed by atoms with E-state index < -0.39 is 12.0 Å². The third kappa shape index (κ3) is 3.79. The number of amides is 1. The number of anilines is 1. The zero-order chi connectivity index (χ0) is 14.5. The van der Waals surface area contributed by atoms with Crippen molar-refractivity contribution in [2.75, 3.05) is 5.32 Å². The molecule has 0 spiro atoms. The lowest BCUT2D eigenvalue weighted by Crippen LogP contribution is -2.31. The van der Waals surface area contributed by atoms with Crippen molar-refractivity contribution in [2.45, 2.75) is 38.7 Å². The van der Waals surface area contributed by atoms with E-state index in [1.165, 1.54) is 31.2 Å². The molecule has 0 bridgehead atoms. The molecule has 1 aliphatic carbocycles. The second-order valence-corrected chi connectivity index (χ2v) is 5.06. The molecule has 1 saturated carbocycles. The van der Waals surface area contributed by atoms with Crippen LogP contribution in [-0.2, 0) is 14.3 Å². The van der Waals surface area contributed by atoms with Crippen LogP contribution in [0, 0.1) is 11.7 Å². The van der Waals surface area contributed by atoms with Crippen LogP contribution in [0.5, 0.6) is 0 Å². The number of carbonyl (C=O) groups is 2. The summed E-state index contributed by atoms with van der Waals surface area (Å²) in [4.78, 5) is 23.7. The number of rotatable bonds is 4. The average Bonchev–Trinajstić information content (AvgIpc) is 2.95. The first kappa shape index (κ1) is 14.5. The molecule has 1 atom stereocenters. The molecular weight excluding hydrogens is 261 g/mol. The van der Waals surface area contributed by atoms with E-state index in [0.717, 1.165) is 25.7 Å². The number of nitrogens with one attached hydrogen (secondary N) is 1. The van der Waals surface area contributed by atoms with Crippen LogP contribution in [0.3, 0.4) is 0 Å². The molecule has 0 aliphatic heterocycles. The first-order valence-electron chi connectivity index (χ1n) is 6.83. The summed E-state index contributed by atoms with van der Waals surface area (Å²) in [6.07, 6.45) is 2.90. The smallest absolute Gasteiger partial charge is 0.309 e. The van der Waals surface area contributed by atoms with Gasteiger partial charge in [-0.3, -0.25) is 9.59 Å². The number of carbonyl (C=O) groups excluding carboxylic acids is 2. The number of hydrogen-bond donors (Lipinski definition) is 1. The van der Waals surface area contributed by atoms with Crippen molar-refractivity contribution < 1.29 is 18.7 Å². The van der Waals surface area contributed by atoms with Gasteiger partial charge in [-0.15, -0.1) is 0 Å². The first-order valence-corrected chi connectivity index (χ1v) is 6.83. The maximum absolute atomic E-state index is 12.7. The van der Waals surface area contributed by atoms with Crippen LogP contribution in [0.25, 0.3) is 0 Å². The number of halogens is 1. The maximum Gasteiger partial charge on any atom is 0.309 e. The fourth-order valence-electron chi connectivity index (χ4n) is 2.26. The molecule has 108 valence electrons. The van der Waals surface area contributed by atoms with Crippen molar-refractivity contribution >= 4 is 17.6 Å². The fraction of sp³-hybridized carbons (Fsp3) is 0.467. The highest BCUT2D eigenvalue weighted by Gasteiger charge is 2.27. The Labute approximate surface area is 117 Å². The average molecular weight is 279 g/mol. The highest BCUT2D eigenvalue weighted by Crippen LogP contribution is 2.26. The van der Waals surface area contributed by atoms with Gasteiger partial charge in [-0.05, 0) is 44.0 Å². The van der Waals surface area contributed by atoms with Crippen molar-refractivity contribution in [1.82, 2.24) is 0 Å². The standard InChI is InChI=1S/C15H18FNO3/c1-10(20-15(19)11-4-2-3-5-11)14(18)17-13-8-6-12(16)7-9-13/h6-11H,2-5H2,1H3,(H,17,18)/t10-/m0/s1. The van der Waals surface area contributed by atoms with Crippen molar-refractivity contribution in [3.63, 3.8) is 0 Å². The minimum Gasteiger partial charge on any atom is -0.452 e. The second-order valence-electron chi connectivity index (χ2n) is 5.06. The van der Waals surface area contributed by atoms with Crippen LogP contribution in [-0.4, -0.2) is 18.0 Å². The van der Waals surface area contributed by atoms with Crippen molar-refractivity contribution in [3.8, 4) is 0 Å². The lowest BCUT2D eigenvalue weighted by molar-refractivity contribution is -0.157. The third-order valence-electron chi connectivity index (χ3n) is 3.46. The van der Waals surface area contributed by atoms with Crippen LogP contribution in [0.2, 0.25) is 0 Å². The molecule has 1 N–H and O–H groups in total. The van der Waals surface area contributed by atoms with E-state index >= 15 is 0 Å². The Bertz CT molecular complexity index is 480. The lowest BCUT2D eigenvalue weighted by Gasteiger charge is -2.16. The van der Waals surface area contributed by atoms with Gasteiger partial charge in [0.1, 0.15) is 5.82 Å². The Morgan fingerprint density at radius 2 is 1.85 bits per heavy atom. The van der Waals surface area contributed by atoms with Gasteiger partial charge in [-0.1, -0.05) is 12.8 Å². The predicted molar refractivity (Wildman–Crippen MR) is 72.5 cm³/mol. The Kier molecular flexibility index (Phi) is 4.71. The molecule has 20 heavy (non-hydrogen) atoms. The van der Waals surface area contributed by atoms with Crippen molar-refractivity contribution in [1.29, 1.82) is 0 Å². The first-order chi connectivity index (χ1) is 9.56. The van der Waals surface area contributed by atoms with Crippen LogP contribution < -0.4 is 5.32 Å². The molecular formula is C15H18FNO3. The molecule has 2 rings (SSSR count). The van der Waals surface area contributed by atoms with Gasteiger partial charge >= 0.3 is 5.97 Å². The number of benzene rings is 1. The minimum absolute atomic E-state index is 0.0731. The van der Waals surface area contributed by atoms with E-state index in [2.05, 4.69) is 5.32 Å². The molecule has 1 aromatic rings. The molecule has 0 unspecified atom stereocenters. The van der Waals surface area contributed by atoms with Gasteiger partial charge < -0.3 is 10.1 Å². The third-order valence-corrected chi connectivity index (χ3v) is 3.46. The van der Waals surface area contributed by atoms with Crippen LogP contribution in [0.15, 0.2) is 24.3 Å². The summed E-state index contributed by atoms with van der Waals surface area (Å²) in [5.74, 6) is -1.16. The quantitative estimate of drug-likeness (QED) is 0.862. The summed E-state index contributed by atoms with van der Waals surface area (Å²) >= 11 is 0. The van der Waals surface area contributed by atoms with Gasteiger partial charge in [0.25, 0.3) is 5.91 Å². The molecule has 0 saturated heterocycles. The lowest BCUT2D eigenvalue weighted by atomic mass is 10.1. The maximum atomic E-state index is 12.7. The largest absolute Gasteiger partial charge is 0.452 e. The van der Waals surface area contributed by atoms with Crippen molar-refractivity contribution in [2.24, 2.45) is 5.92 Å². The van der Waals surface area contributed by atoms with Gasteiger partial charge in [0.05, 0.1) is 5.92 Å². The van der Waals surface area contributed by atoms with Crippen LogP contribution in [0.4, 0.5) is 10.1 Å². The summed E-state index contributed by atoms with van der Waals surface area (Å²) < 4.78 is 17.9. The summed E-state index contributed by atoms with van der Waals surface area (Å²) in [5.41, 5.74) is 0.472. The molecule has 1 fully saturated rings. The summed E-state index contributed by atoms with van der Waals surface area (Å²) in [7, 11) is 0. The van der Waals surface area contributed by atoms with E-state index in [9.17, 15) is 14.0 Å². The molecule has 1 aromatic carbocycles. The Morgan fingerprint density at radius 3 is 2.45 bits per heavy atom. The van der Waals surface area contributed by atoms with E-state index in [-0.39, 0.29) is 17.7 Å². The normalized spacial score (nSPS) is 16.7. The summed E-state index contributed by atoms with van der Waals surface area (Å²) in [5, 5.41) is 2.58. The summed E-state index contributed by atoms with van der Waals surface area (Å²) in [6, 6.07) is 5.42. The van der Waals surface area contributed by atoms with Gasteiger partial charge in [-0.25, -0.2) is 4.39 Å². The van der Waals surface area contributed by atoms with Gasteiger partial charge in [0.15, 0.2) is 6.10 Å². The molecule has 0 heterocycles. The Hall–Kier alpha value is -1.91. The number of ether oxygens (including phenoxy) is 1. The number of hydrogen-bond acceptors (Lipinski definition) is 3. The van der Waals surface area contributed by atoms with Gasteiger partial charge in [-0.2, -0.15) is 0 Å². The van der Waals surface area contributed by atoms with E-state index in [1.54, 1.807) is 0 Å². The van der Waals surface area contributed by atoms with Crippen LogP contribution in [0.1, 0.15) is 32.6 Å².